The molecule has 0 bridgehead atoms. The van der Waals surface area contributed by atoms with Crippen LogP contribution in [0.5, 0.6) is 5.75 Å². The Morgan fingerprint density at radius 2 is 1.73 bits per heavy atom. The van der Waals surface area contributed by atoms with Crippen LogP contribution in [0.4, 0.5) is 0 Å². The zero-order valence-corrected chi connectivity index (χ0v) is 11.9. The quantitative estimate of drug-likeness (QED) is 0.547. The second kappa shape index (κ2) is 6.04. The number of phosphoric ester groups is 1. The van der Waals surface area contributed by atoms with Gasteiger partial charge < -0.3 is 5.95 Å². The normalized spacial score (nSPS) is 11.0. The van der Waals surface area contributed by atoms with Crippen molar-refractivity contribution in [1.82, 2.24) is 0 Å². The Hall–Kier alpha value is 0.170. The summed E-state index contributed by atoms with van der Waals surface area (Å²) in [4.78, 5) is 17.1. The van der Waals surface area contributed by atoms with E-state index in [1.807, 2.05) is 13.8 Å². The Morgan fingerprint density at radius 1 is 1.27 bits per heavy atom. The van der Waals surface area contributed by atoms with E-state index in [0.717, 1.165) is 5.56 Å². The summed E-state index contributed by atoms with van der Waals surface area (Å²) >= 11 is 0. The van der Waals surface area contributed by atoms with Gasteiger partial charge in [-0.1, -0.05) is 26.0 Å². The molecule has 0 aliphatic carbocycles. The van der Waals surface area contributed by atoms with Crippen LogP contribution in [0.2, 0.25) is 0 Å². The van der Waals surface area contributed by atoms with E-state index in [1.165, 1.54) is 0 Å². The van der Waals surface area contributed by atoms with Gasteiger partial charge in [0.25, 0.3) is 0 Å². The summed E-state index contributed by atoms with van der Waals surface area (Å²) in [5.74, 6) is 0.571. The van der Waals surface area contributed by atoms with E-state index in [0.29, 0.717) is 5.92 Å². The predicted molar refractivity (Wildman–Crippen MR) is 54.3 cm³/mol. The minimum atomic E-state index is -4.43. The molecule has 4 nitrogen and oxygen atoms in total. The fourth-order valence-electron chi connectivity index (χ4n) is 1.05. The third-order valence-corrected chi connectivity index (χ3v) is 2.22. The number of phosphoric acid groups is 1. The molecule has 0 aliphatic rings. The van der Waals surface area contributed by atoms with Crippen molar-refractivity contribution in [3.8, 4) is 5.75 Å². The summed E-state index contributed by atoms with van der Waals surface area (Å²) in [6, 6.07) is 6.67. The first-order valence-corrected chi connectivity index (χ1v) is 5.76. The minimum Gasteiger partial charge on any atom is -1.00 e. The van der Waals surface area contributed by atoms with Gasteiger partial charge in [-0.05, 0) is 23.6 Å². The molecule has 0 aliphatic heterocycles. The van der Waals surface area contributed by atoms with Crippen molar-refractivity contribution in [2.45, 2.75) is 19.8 Å². The van der Waals surface area contributed by atoms with Crippen molar-refractivity contribution in [3.05, 3.63) is 29.8 Å². The summed E-state index contributed by atoms with van der Waals surface area (Å²) in [5, 5.41) is 0. The first-order chi connectivity index (χ1) is 6.38. The second-order valence-electron chi connectivity index (χ2n) is 3.31. The van der Waals surface area contributed by atoms with Crippen molar-refractivity contribution in [2.24, 2.45) is 0 Å². The largest absolute Gasteiger partial charge is 1.00 e. The third kappa shape index (κ3) is 5.71. The maximum Gasteiger partial charge on any atom is 1.00 e. The van der Waals surface area contributed by atoms with E-state index in [-0.39, 0.29) is 36.7 Å². The molecule has 6 heteroatoms. The molecule has 1 aromatic rings. The standard InChI is InChI=1S/C9H13O4P.Na.H/c1-7(2)8-3-5-9(6-4-8)13-14(10,11)12;;/h3-7H,1-2H3,(H2,10,11,12);;/q;+1;-1. The maximum absolute atomic E-state index is 10.5. The number of hydrogen-bond donors (Lipinski definition) is 2. The smallest absolute Gasteiger partial charge is 1.00 e. The minimum absolute atomic E-state index is 0. The van der Waals surface area contributed by atoms with Crippen LogP contribution in [-0.2, 0) is 4.57 Å². The topological polar surface area (TPSA) is 66.8 Å². The molecule has 0 saturated carbocycles. The van der Waals surface area contributed by atoms with E-state index in [2.05, 4.69) is 4.52 Å². The first-order valence-electron chi connectivity index (χ1n) is 4.23. The maximum atomic E-state index is 10.5. The van der Waals surface area contributed by atoms with Gasteiger partial charge in [-0.3, -0.25) is 9.79 Å². The molecule has 2 N–H and O–H groups in total. The molecule has 0 amide bonds. The molecular formula is C9H14NaO4P. The third-order valence-electron chi connectivity index (χ3n) is 1.77. The van der Waals surface area contributed by atoms with Crippen molar-refractivity contribution in [1.29, 1.82) is 0 Å². The molecule has 15 heavy (non-hydrogen) atoms. The SMILES string of the molecule is CC(C)c1ccc(OP(=O)(O)O)cc1.[H-].[Na+]. The zero-order chi connectivity index (χ0) is 10.8. The van der Waals surface area contributed by atoms with Crippen LogP contribution in [0.1, 0.15) is 26.8 Å². The van der Waals surface area contributed by atoms with Crippen LogP contribution in [0, 0.1) is 0 Å². The monoisotopic (exact) mass is 240 g/mol. The summed E-state index contributed by atoms with van der Waals surface area (Å²) in [6.45, 7) is 4.08. The van der Waals surface area contributed by atoms with Gasteiger partial charge in [-0.2, -0.15) is 0 Å². The number of benzene rings is 1. The van der Waals surface area contributed by atoms with Crippen molar-refractivity contribution in [3.63, 3.8) is 0 Å². The van der Waals surface area contributed by atoms with Crippen molar-refractivity contribution < 1.29 is 49.9 Å². The van der Waals surface area contributed by atoms with Crippen LogP contribution in [0.3, 0.4) is 0 Å². The summed E-state index contributed by atoms with van der Waals surface area (Å²) < 4.78 is 14.9. The van der Waals surface area contributed by atoms with Crippen LogP contribution in [-0.4, -0.2) is 9.79 Å². The Balaban J connectivity index is 0. The van der Waals surface area contributed by atoms with Gasteiger partial charge in [0, 0.05) is 0 Å². The van der Waals surface area contributed by atoms with Gasteiger partial charge in [-0.15, -0.1) is 0 Å². The molecule has 0 heterocycles. The van der Waals surface area contributed by atoms with Gasteiger partial charge in [0.2, 0.25) is 0 Å². The Bertz CT molecular complexity index is 349. The van der Waals surface area contributed by atoms with Crippen LogP contribution in [0.15, 0.2) is 24.3 Å². The summed E-state index contributed by atoms with van der Waals surface area (Å²) in [5.41, 5.74) is 1.10. The molecule has 80 valence electrons. The molecule has 0 spiro atoms. The molecule has 1 aromatic carbocycles. The van der Waals surface area contributed by atoms with E-state index in [9.17, 15) is 4.57 Å². The van der Waals surface area contributed by atoms with E-state index in [4.69, 9.17) is 9.79 Å². The van der Waals surface area contributed by atoms with E-state index in [1.54, 1.807) is 24.3 Å². The van der Waals surface area contributed by atoms with Gasteiger partial charge in [0.15, 0.2) is 0 Å². The molecule has 0 radical (unpaired) electrons. The van der Waals surface area contributed by atoms with Crippen molar-refractivity contribution >= 4 is 7.82 Å². The fraction of sp³-hybridized carbons (Fsp3) is 0.333. The van der Waals surface area contributed by atoms with Crippen molar-refractivity contribution in [2.75, 3.05) is 0 Å². The molecule has 1 rings (SSSR count). The van der Waals surface area contributed by atoms with Gasteiger partial charge >= 0.3 is 37.4 Å². The van der Waals surface area contributed by atoms with Gasteiger partial charge in [0.05, 0.1) is 0 Å². The molecular weight excluding hydrogens is 226 g/mol. The molecule has 0 unspecified atom stereocenters. The molecule has 0 saturated heterocycles. The fourth-order valence-corrected chi connectivity index (χ4v) is 1.45. The number of rotatable bonds is 3. The van der Waals surface area contributed by atoms with Crippen LogP contribution >= 0.6 is 7.82 Å². The molecule has 0 aromatic heterocycles. The second-order valence-corrected chi connectivity index (χ2v) is 4.47. The first kappa shape index (κ1) is 15.2. The Morgan fingerprint density at radius 3 is 2.07 bits per heavy atom. The van der Waals surface area contributed by atoms with Gasteiger partial charge in [-0.25, -0.2) is 4.57 Å². The van der Waals surface area contributed by atoms with E-state index < -0.39 is 7.82 Å². The number of hydrogen-bond acceptors (Lipinski definition) is 2. The zero-order valence-electron chi connectivity index (χ0n) is 10.0. The predicted octanol–water partition coefficient (Wildman–Crippen LogP) is -0.602. The Kier molecular flexibility index (Phi) is 6.11. The van der Waals surface area contributed by atoms with E-state index >= 15 is 0 Å². The Labute approximate surface area is 113 Å². The van der Waals surface area contributed by atoms with Crippen LogP contribution < -0.4 is 34.1 Å². The molecule has 0 atom stereocenters. The van der Waals surface area contributed by atoms with Gasteiger partial charge in [0.1, 0.15) is 5.75 Å². The summed E-state index contributed by atoms with van der Waals surface area (Å²) in [6.07, 6.45) is 0. The van der Waals surface area contributed by atoms with Crippen LogP contribution in [0.25, 0.3) is 0 Å². The molecule has 0 fully saturated rings. The summed E-state index contributed by atoms with van der Waals surface area (Å²) in [7, 11) is -4.43. The average molecular weight is 240 g/mol. The average Bonchev–Trinajstić information content (AvgIpc) is 2.02.